The maximum atomic E-state index is 12.2. The van der Waals surface area contributed by atoms with Crippen LogP contribution < -0.4 is 16.2 Å². The lowest BCUT2D eigenvalue weighted by atomic mass is 10.1. The van der Waals surface area contributed by atoms with E-state index in [9.17, 15) is 4.79 Å². The maximum Gasteiger partial charge on any atom is 0.238 e. The predicted octanol–water partition coefficient (Wildman–Crippen LogP) is 2.17. The number of carbonyl (C=O) groups is 1. The molecule has 5 nitrogen and oxygen atoms in total. The number of hydrogen-bond acceptors (Lipinski definition) is 5. The van der Waals surface area contributed by atoms with Crippen molar-refractivity contribution in [3.8, 4) is 0 Å². The van der Waals surface area contributed by atoms with Gasteiger partial charge in [-0.05, 0) is 58.6 Å². The number of rotatable bonds is 5. The molecule has 7 heteroatoms. The van der Waals surface area contributed by atoms with Crippen LogP contribution in [0.1, 0.15) is 22.9 Å². The highest BCUT2D eigenvalue weighted by molar-refractivity contribution is 9.11. The van der Waals surface area contributed by atoms with E-state index in [1.807, 2.05) is 18.2 Å². The molecule has 1 fully saturated rings. The van der Waals surface area contributed by atoms with Crippen LogP contribution in [-0.4, -0.2) is 23.5 Å². The molecule has 2 aromatic rings. The third-order valence-corrected chi connectivity index (χ3v) is 5.36. The Balaban J connectivity index is 1.45. The molecule has 3 N–H and O–H groups in total. The average molecular weight is 381 g/mol. The minimum Gasteiger partial charge on any atom is -0.354 e. The summed E-state index contributed by atoms with van der Waals surface area (Å²) in [6.07, 6.45) is 5.11. The molecule has 1 amide bonds. The van der Waals surface area contributed by atoms with Crippen LogP contribution in [0.15, 0.2) is 40.4 Å². The molecule has 116 valence electrons. The Hall–Kier alpha value is -1.28. The number of carbonyl (C=O) groups excluding carboxylic acids is 1. The summed E-state index contributed by atoms with van der Waals surface area (Å²) in [5.41, 5.74) is 7.45. The second-order valence-corrected chi connectivity index (χ2v) is 7.66. The fourth-order valence-electron chi connectivity index (χ4n) is 2.43. The Bertz CT molecular complexity index is 633. The van der Waals surface area contributed by atoms with Gasteiger partial charge in [-0.3, -0.25) is 9.78 Å². The molecule has 3 heterocycles. The van der Waals surface area contributed by atoms with E-state index in [1.54, 1.807) is 23.7 Å². The molecule has 0 aromatic carbocycles. The van der Waals surface area contributed by atoms with E-state index in [0.717, 1.165) is 16.6 Å². The van der Waals surface area contributed by atoms with Crippen LogP contribution in [-0.2, 0) is 11.2 Å². The van der Waals surface area contributed by atoms with Crippen LogP contribution >= 0.6 is 27.3 Å². The SMILES string of the molecule is O=C(NCCc1ccncc1)C1CC(c2ccc(Br)s2)NN1. The molecule has 0 aliphatic carbocycles. The molecule has 1 aliphatic heterocycles. The lowest BCUT2D eigenvalue weighted by molar-refractivity contribution is -0.122. The van der Waals surface area contributed by atoms with Crippen LogP contribution in [0.2, 0.25) is 0 Å². The summed E-state index contributed by atoms with van der Waals surface area (Å²) in [6, 6.07) is 8.04. The number of aromatic nitrogens is 1. The van der Waals surface area contributed by atoms with E-state index >= 15 is 0 Å². The topological polar surface area (TPSA) is 66.0 Å². The average Bonchev–Trinajstić information content (AvgIpc) is 3.17. The third kappa shape index (κ3) is 3.92. The Kier molecular flexibility index (Phi) is 5.20. The van der Waals surface area contributed by atoms with Gasteiger partial charge in [-0.2, -0.15) is 0 Å². The normalized spacial score (nSPS) is 21.0. The number of amides is 1. The molecule has 3 rings (SSSR count). The highest BCUT2D eigenvalue weighted by atomic mass is 79.9. The van der Waals surface area contributed by atoms with Crippen molar-refractivity contribution in [2.24, 2.45) is 0 Å². The Morgan fingerprint density at radius 3 is 2.86 bits per heavy atom. The largest absolute Gasteiger partial charge is 0.354 e. The molecular formula is C15H17BrN4OS. The Labute approximate surface area is 141 Å². The van der Waals surface area contributed by atoms with E-state index in [0.29, 0.717) is 6.54 Å². The number of pyridine rings is 1. The van der Waals surface area contributed by atoms with Gasteiger partial charge in [0.15, 0.2) is 0 Å². The summed E-state index contributed by atoms with van der Waals surface area (Å²) < 4.78 is 1.11. The predicted molar refractivity (Wildman–Crippen MR) is 90.4 cm³/mol. The van der Waals surface area contributed by atoms with Crippen molar-refractivity contribution in [2.75, 3.05) is 6.54 Å². The van der Waals surface area contributed by atoms with Gasteiger partial charge in [-0.1, -0.05) is 0 Å². The summed E-state index contributed by atoms with van der Waals surface area (Å²) in [5, 5.41) is 2.98. The monoisotopic (exact) mass is 380 g/mol. The van der Waals surface area contributed by atoms with Crippen molar-refractivity contribution < 1.29 is 4.79 Å². The lowest BCUT2D eigenvalue weighted by Gasteiger charge is -2.10. The summed E-state index contributed by atoms with van der Waals surface area (Å²) in [5.74, 6) is 0.0414. The third-order valence-electron chi connectivity index (χ3n) is 3.62. The van der Waals surface area contributed by atoms with Crippen molar-refractivity contribution in [2.45, 2.75) is 24.9 Å². The molecular weight excluding hydrogens is 364 g/mol. The molecule has 2 aromatic heterocycles. The van der Waals surface area contributed by atoms with Crippen LogP contribution in [0.4, 0.5) is 0 Å². The van der Waals surface area contributed by atoms with Crippen molar-refractivity contribution in [1.82, 2.24) is 21.2 Å². The van der Waals surface area contributed by atoms with Gasteiger partial charge >= 0.3 is 0 Å². The summed E-state index contributed by atoms with van der Waals surface area (Å²) in [4.78, 5) is 17.4. The zero-order chi connectivity index (χ0) is 15.4. The molecule has 0 radical (unpaired) electrons. The lowest BCUT2D eigenvalue weighted by Crippen LogP contribution is -2.43. The Morgan fingerprint density at radius 1 is 1.32 bits per heavy atom. The highest BCUT2D eigenvalue weighted by Gasteiger charge is 2.30. The van der Waals surface area contributed by atoms with Crippen molar-refractivity contribution in [3.05, 3.63) is 50.9 Å². The molecule has 22 heavy (non-hydrogen) atoms. The quantitative estimate of drug-likeness (QED) is 0.743. The number of nitrogens with one attached hydrogen (secondary N) is 3. The number of hydrazine groups is 1. The zero-order valence-corrected chi connectivity index (χ0v) is 14.3. The van der Waals surface area contributed by atoms with Gasteiger partial charge in [0.05, 0.1) is 9.83 Å². The second-order valence-electron chi connectivity index (χ2n) is 5.17. The van der Waals surface area contributed by atoms with Gasteiger partial charge in [-0.25, -0.2) is 10.9 Å². The van der Waals surface area contributed by atoms with E-state index < -0.39 is 0 Å². The Morgan fingerprint density at radius 2 is 2.14 bits per heavy atom. The van der Waals surface area contributed by atoms with E-state index in [4.69, 9.17) is 0 Å². The first-order chi connectivity index (χ1) is 10.7. The van der Waals surface area contributed by atoms with Gasteiger partial charge in [0.1, 0.15) is 6.04 Å². The molecule has 0 saturated carbocycles. The summed E-state index contributed by atoms with van der Waals surface area (Å²) in [7, 11) is 0. The fourth-order valence-corrected chi connectivity index (χ4v) is 3.92. The summed E-state index contributed by atoms with van der Waals surface area (Å²) in [6.45, 7) is 0.635. The number of nitrogens with zero attached hydrogens (tertiary/aromatic N) is 1. The fraction of sp³-hybridized carbons (Fsp3) is 0.333. The number of thiophene rings is 1. The molecule has 0 spiro atoms. The first-order valence-electron chi connectivity index (χ1n) is 7.15. The van der Waals surface area contributed by atoms with Crippen LogP contribution in [0.3, 0.4) is 0 Å². The van der Waals surface area contributed by atoms with E-state index in [2.05, 4.69) is 43.1 Å². The van der Waals surface area contributed by atoms with Crippen molar-refractivity contribution >= 4 is 33.2 Å². The van der Waals surface area contributed by atoms with E-state index in [1.165, 1.54) is 10.4 Å². The van der Waals surface area contributed by atoms with Crippen molar-refractivity contribution in [3.63, 3.8) is 0 Å². The molecule has 1 aliphatic rings. The smallest absolute Gasteiger partial charge is 0.238 e. The number of hydrogen-bond donors (Lipinski definition) is 3. The van der Waals surface area contributed by atoms with Crippen LogP contribution in [0.25, 0.3) is 0 Å². The second kappa shape index (κ2) is 7.32. The van der Waals surface area contributed by atoms with Crippen LogP contribution in [0, 0.1) is 0 Å². The minimum absolute atomic E-state index is 0.0414. The molecule has 2 unspecified atom stereocenters. The summed E-state index contributed by atoms with van der Waals surface area (Å²) >= 11 is 5.16. The van der Waals surface area contributed by atoms with Crippen LogP contribution in [0.5, 0.6) is 0 Å². The zero-order valence-electron chi connectivity index (χ0n) is 11.9. The van der Waals surface area contributed by atoms with Gasteiger partial charge in [0.25, 0.3) is 0 Å². The molecule has 1 saturated heterocycles. The highest BCUT2D eigenvalue weighted by Crippen LogP contribution is 2.31. The first kappa shape index (κ1) is 15.6. The van der Waals surface area contributed by atoms with Crippen molar-refractivity contribution in [1.29, 1.82) is 0 Å². The van der Waals surface area contributed by atoms with E-state index in [-0.39, 0.29) is 18.0 Å². The molecule has 2 atom stereocenters. The van der Waals surface area contributed by atoms with Gasteiger partial charge < -0.3 is 5.32 Å². The first-order valence-corrected chi connectivity index (χ1v) is 8.76. The maximum absolute atomic E-state index is 12.2. The van der Waals surface area contributed by atoms with Gasteiger partial charge in [-0.15, -0.1) is 11.3 Å². The van der Waals surface area contributed by atoms with Gasteiger partial charge in [0.2, 0.25) is 5.91 Å². The minimum atomic E-state index is -0.191. The molecule has 0 bridgehead atoms. The van der Waals surface area contributed by atoms with Gasteiger partial charge in [0, 0.05) is 23.8 Å². The number of halogens is 1. The standard InChI is InChI=1S/C15H17BrN4OS/c16-14-2-1-13(22-14)11-9-12(20-19-11)15(21)18-8-5-10-3-6-17-7-4-10/h1-4,6-7,11-12,19-20H,5,8-9H2,(H,18,21).